The highest BCUT2D eigenvalue weighted by molar-refractivity contribution is 7.80. The second kappa shape index (κ2) is 11.3. The monoisotopic (exact) mass is 502 g/mol. The summed E-state index contributed by atoms with van der Waals surface area (Å²) in [5.74, 6) is 0.477. The summed E-state index contributed by atoms with van der Waals surface area (Å²) in [7, 11) is 0. The number of nitrogens with one attached hydrogen (secondary N) is 2. The highest BCUT2D eigenvalue weighted by atomic mass is 32.1. The van der Waals surface area contributed by atoms with Crippen LogP contribution >= 0.6 is 23.6 Å². The number of hydrogen-bond acceptors (Lipinski definition) is 6. The van der Waals surface area contributed by atoms with Gasteiger partial charge in [0.05, 0.1) is 12.2 Å². The number of benzene rings is 1. The molecule has 34 heavy (non-hydrogen) atoms. The molecule has 0 saturated heterocycles. The molecule has 0 spiro atoms. The van der Waals surface area contributed by atoms with Crippen molar-refractivity contribution in [3.8, 4) is 5.75 Å². The lowest BCUT2D eigenvalue weighted by atomic mass is 9.69. The summed E-state index contributed by atoms with van der Waals surface area (Å²) in [6, 6.07) is 7.50. The van der Waals surface area contributed by atoms with Gasteiger partial charge < -0.3 is 14.8 Å². The Balaban J connectivity index is 1.71. The molecular weight excluding hydrogens is 468 g/mol. The molecule has 184 valence electrons. The van der Waals surface area contributed by atoms with Gasteiger partial charge in [-0.3, -0.25) is 10.1 Å². The molecule has 1 atom stereocenters. The summed E-state index contributed by atoms with van der Waals surface area (Å²) < 4.78 is 10.9. The van der Waals surface area contributed by atoms with Crippen LogP contribution in [-0.2, 0) is 22.4 Å². The Morgan fingerprint density at radius 1 is 1.24 bits per heavy atom. The van der Waals surface area contributed by atoms with Gasteiger partial charge in [0.25, 0.3) is 5.91 Å². The first-order valence-corrected chi connectivity index (χ1v) is 13.0. The number of hydrogen-bond donors (Lipinski definition) is 2. The van der Waals surface area contributed by atoms with E-state index in [0.29, 0.717) is 28.8 Å². The molecule has 1 aromatic carbocycles. The van der Waals surface area contributed by atoms with Crippen molar-refractivity contribution < 1.29 is 19.1 Å². The number of rotatable bonds is 8. The summed E-state index contributed by atoms with van der Waals surface area (Å²) in [5, 5.41) is 6.49. The van der Waals surface area contributed by atoms with Crippen LogP contribution in [0.25, 0.3) is 0 Å². The molecule has 0 saturated carbocycles. The van der Waals surface area contributed by atoms with Crippen molar-refractivity contribution in [2.24, 2.45) is 11.3 Å². The molecule has 0 aliphatic heterocycles. The predicted octanol–water partition coefficient (Wildman–Crippen LogP) is 5.67. The number of amides is 1. The number of carbonyl (C=O) groups excluding carboxylic acids is 2. The normalized spacial score (nSPS) is 15.3. The van der Waals surface area contributed by atoms with Gasteiger partial charge in [-0.15, -0.1) is 11.3 Å². The first-order valence-electron chi connectivity index (χ1n) is 11.8. The highest BCUT2D eigenvalue weighted by Gasteiger charge is 2.35. The van der Waals surface area contributed by atoms with Crippen LogP contribution in [0.2, 0.25) is 0 Å². The van der Waals surface area contributed by atoms with E-state index in [1.54, 1.807) is 6.92 Å². The molecule has 0 radical (unpaired) electrons. The minimum absolute atomic E-state index is 0.132. The third-order valence-corrected chi connectivity index (χ3v) is 8.07. The molecule has 0 bridgehead atoms. The van der Waals surface area contributed by atoms with Gasteiger partial charge in [0, 0.05) is 4.88 Å². The predicted molar refractivity (Wildman–Crippen MR) is 141 cm³/mol. The van der Waals surface area contributed by atoms with E-state index in [2.05, 4.69) is 31.4 Å². The van der Waals surface area contributed by atoms with Crippen molar-refractivity contribution in [1.29, 1.82) is 0 Å². The Bertz CT molecular complexity index is 1060. The van der Waals surface area contributed by atoms with Gasteiger partial charge in [0.15, 0.2) is 11.7 Å². The lowest BCUT2D eigenvalue weighted by molar-refractivity contribution is -0.121. The molecule has 0 fully saturated rings. The van der Waals surface area contributed by atoms with Gasteiger partial charge in [-0.2, -0.15) is 0 Å². The van der Waals surface area contributed by atoms with Crippen molar-refractivity contribution in [2.75, 3.05) is 18.5 Å². The Kier molecular flexibility index (Phi) is 8.71. The van der Waals surface area contributed by atoms with Gasteiger partial charge >= 0.3 is 5.97 Å². The third kappa shape index (κ3) is 6.16. The first-order chi connectivity index (χ1) is 16.2. The molecule has 6 nitrogen and oxygen atoms in total. The topological polar surface area (TPSA) is 76.7 Å². The first kappa shape index (κ1) is 26.2. The zero-order valence-corrected chi connectivity index (χ0v) is 22.2. The van der Waals surface area contributed by atoms with Crippen molar-refractivity contribution >= 4 is 45.5 Å². The number of ether oxygens (including phenoxy) is 2. The Hall–Kier alpha value is -2.45. The number of thiophene rings is 1. The van der Waals surface area contributed by atoms with Gasteiger partial charge in [0.2, 0.25) is 0 Å². The van der Waals surface area contributed by atoms with E-state index < -0.39 is 0 Å². The molecule has 1 aliphatic rings. The molecule has 2 aromatic rings. The van der Waals surface area contributed by atoms with Gasteiger partial charge in [0.1, 0.15) is 10.8 Å². The fraction of sp³-hybridized carbons (Fsp3) is 0.500. The van der Waals surface area contributed by atoms with Crippen LogP contribution in [0.5, 0.6) is 5.75 Å². The van der Waals surface area contributed by atoms with Crippen LogP contribution in [0, 0.1) is 18.3 Å². The minimum Gasteiger partial charge on any atom is -0.483 e. The second-order valence-electron chi connectivity index (χ2n) is 9.27. The summed E-state index contributed by atoms with van der Waals surface area (Å²) in [5.41, 5.74) is 2.78. The zero-order chi connectivity index (χ0) is 24.9. The van der Waals surface area contributed by atoms with E-state index >= 15 is 0 Å². The largest absolute Gasteiger partial charge is 0.483 e. The number of carbonyl (C=O) groups is 2. The molecule has 1 heterocycles. The van der Waals surface area contributed by atoms with Crippen LogP contribution < -0.4 is 15.4 Å². The lowest BCUT2D eigenvalue weighted by Crippen LogP contribution is -2.37. The van der Waals surface area contributed by atoms with E-state index in [0.717, 1.165) is 36.8 Å². The van der Waals surface area contributed by atoms with Crippen LogP contribution in [0.3, 0.4) is 0 Å². The summed E-state index contributed by atoms with van der Waals surface area (Å²) in [6.07, 6.45) is 3.90. The number of thiocarbonyl (C=S) groups is 1. The van der Waals surface area contributed by atoms with Crippen LogP contribution in [0.15, 0.2) is 24.3 Å². The summed E-state index contributed by atoms with van der Waals surface area (Å²) >= 11 is 6.91. The van der Waals surface area contributed by atoms with Crippen molar-refractivity contribution in [2.45, 2.75) is 60.3 Å². The minimum atomic E-state index is -0.371. The molecule has 1 unspecified atom stereocenters. The molecule has 1 aliphatic carbocycles. The van der Waals surface area contributed by atoms with E-state index in [1.165, 1.54) is 16.2 Å². The average molecular weight is 503 g/mol. The third-order valence-electron chi connectivity index (χ3n) is 6.69. The van der Waals surface area contributed by atoms with Crippen LogP contribution in [0.1, 0.15) is 66.9 Å². The molecule has 3 rings (SSSR count). The zero-order valence-electron chi connectivity index (χ0n) is 20.6. The van der Waals surface area contributed by atoms with Crippen molar-refractivity contribution in [3.63, 3.8) is 0 Å². The van der Waals surface area contributed by atoms with Gasteiger partial charge in [-0.1, -0.05) is 45.4 Å². The fourth-order valence-corrected chi connectivity index (χ4v) is 5.81. The highest BCUT2D eigenvalue weighted by Crippen LogP contribution is 2.45. The fourth-order valence-electron chi connectivity index (χ4n) is 4.21. The van der Waals surface area contributed by atoms with E-state index in [9.17, 15) is 9.59 Å². The second-order valence-corrected chi connectivity index (χ2v) is 10.8. The van der Waals surface area contributed by atoms with Crippen LogP contribution in [0.4, 0.5) is 5.00 Å². The molecule has 1 aromatic heterocycles. The Labute approximate surface area is 211 Å². The van der Waals surface area contributed by atoms with E-state index in [-0.39, 0.29) is 29.0 Å². The van der Waals surface area contributed by atoms with E-state index in [1.807, 2.05) is 31.2 Å². The van der Waals surface area contributed by atoms with Crippen molar-refractivity contribution in [1.82, 2.24) is 5.32 Å². The maximum Gasteiger partial charge on any atom is 0.341 e. The van der Waals surface area contributed by atoms with Gasteiger partial charge in [-0.25, -0.2) is 4.79 Å². The number of fused-ring (bicyclic) bond motifs is 1. The average Bonchev–Trinajstić information content (AvgIpc) is 3.15. The standard InChI is InChI=1S/C26H34N2O4S2/c1-6-26(4,5)17-12-13-18-20(14-17)34-23(22(18)24(30)31-7-2)28-25(33)27-21(29)15-32-19-11-9-8-10-16(19)3/h8-11,17H,6-7,12-15H2,1-5H3,(H2,27,28,29,33). The van der Waals surface area contributed by atoms with Gasteiger partial charge in [-0.05, 0) is 73.9 Å². The lowest BCUT2D eigenvalue weighted by Gasteiger charge is -2.36. The SMILES string of the molecule is CCOC(=O)c1c(NC(=S)NC(=O)COc2ccccc2C)sc2c1CCC(C(C)(C)CC)C2. The maximum atomic E-state index is 12.8. The Morgan fingerprint density at radius 2 is 1.97 bits per heavy atom. The number of esters is 1. The molecule has 1 amide bonds. The smallest absolute Gasteiger partial charge is 0.341 e. The maximum absolute atomic E-state index is 12.8. The molecule has 2 N–H and O–H groups in total. The van der Waals surface area contributed by atoms with Crippen LogP contribution in [-0.4, -0.2) is 30.2 Å². The van der Waals surface area contributed by atoms with E-state index in [4.69, 9.17) is 21.7 Å². The molecule has 8 heteroatoms. The molecular formula is C26H34N2O4S2. The summed E-state index contributed by atoms with van der Waals surface area (Å²) in [4.78, 5) is 26.4. The number of para-hydroxylation sites is 1. The number of anilines is 1. The quantitative estimate of drug-likeness (QED) is 0.358. The summed E-state index contributed by atoms with van der Waals surface area (Å²) in [6.45, 7) is 10.7. The van der Waals surface area contributed by atoms with Crippen molar-refractivity contribution in [3.05, 3.63) is 45.8 Å². The Morgan fingerprint density at radius 3 is 2.65 bits per heavy atom. The number of aryl methyl sites for hydroxylation is 1.